The standard InChI is InChI=1S/C16H21FN2O4S/c1-12(20)19(15-5-8-24(22,23)11-15)7-6-18-16(21)10-13-3-2-4-14(17)9-13/h2-4,9,15H,5-8,10-11H2,1H3,(H,18,21). The highest BCUT2D eigenvalue weighted by molar-refractivity contribution is 7.91. The Labute approximate surface area is 140 Å². The van der Waals surface area contributed by atoms with Crippen LogP contribution in [0.5, 0.6) is 0 Å². The van der Waals surface area contributed by atoms with Crippen molar-refractivity contribution in [3.05, 3.63) is 35.6 Å². The molecule has 0 radical (unpaired) electrons. The van der Waals surface area contributed by atoms with Gasteiger partial charge >= 0.3 is 0 Å². The van der Waals surface area contributed by atoms with E-state index in [2.05, 4.69) is 5.32 Å². The van der Waals surface area contributed by atoms with Gasteiger partial charge in [0.15, 0.2) is 9.84 Å². The van der Waals surface area contributed by atoms with Crippen molar-refractivity contribution in [2.75, 3.05) is 24.6 Å². The molecular weight excluding hydrogens is 335 g/mol. The lowest BCUT2D eigenvalue weighted by molar-refractivity contribution is -0.131. The summed E-state index contributed by atoms with van der Waals surface area (Å²) in [6.45, 7) is 1.87. The van der Waals surface area contributed by atoms with Crippen molar-refractivity contribution in [2.45, 2.75) is 25.8 Å². The maximum Gasteiger partial charge on any atom is 0.224 e. The minimum Gasteiger partial charge on any atom is -0.354 e. The average molecular weight is 356 g/mol. The third-order valence-corrected chi connectivity index (χ3v) is 5.73. The van der Waals surface area contributed by atoms with Gasteiger partial charge in [0.25, 0.3) is 0 Å². The molecule has 1 heterocycles. The summed E-state index contributed by atoms with van der Waals surface area (Å²) >= 11 is 0. The molecule has 1 unspecified atom stereocenters. The highest BCUT2D eigenvalue weighted by atomic mass is 32.2. The molecule has 2 rings (SSSR count). The van der Waals surface area contributed by atoms with Gasteiger partial charge < -0.3 is 10.2 Å². The normalized spacial score (nSPS) is 19.0. The van der Waals surface area contributed by atoms with E-state index in [-0.39, 0.29) is 48.9 Å². The van der Waals surface area contributed by atoms with Gasteiger partial charge in [0.2, 0.25) is 11.8 Å². The SMILES string of the molecule is CC(=O)N(CCNC(=O)Cc1cccc(F)c1)C1CCS(=O)(=O)C1. The van der Waals surface area contributed by atoms with Crippen LogP contribution < -0.4 is 5.32 Å². The molecule has 0 aliphatic carbocycles. The largest absolute Gasteiger partial charge is 0.354 e. The predicted octanol–water partition coefficient (Wildman–Crippen LogP) is 0.520. The molecule has 1 aromatic rings. The highest BCUT2D eigenvalue weighted by Gasteiger charge is 2.33. The van der Waals surface area contributed by atoms with Crippen LogP contribution in [0.15, 0.2) is 24.3 Å². The number of hydrogen-bond donors (Lipinski definition) is 1. The Kier molecular flexibility index (Phi) is 5.93. The molecule has 0 saturated carbocycles. The third kappa shape index (κ3) is 5.30. The molecule has 1 N–H and O–H groups in total. The number of amides is 2. The monoisotopic (exact) mass is 356 g/mol. The first-order valence-corrected chi connectivity index (χ1v) is 9.58. The summed E-state index contributed by atoms with van der Waals surface area (Å²) in [5.74, 6) is -0.817. The van der Waals surface area contributed by atoms with Gasteiger partial charge in [-0.3, -0.25) is 9.59 Å². The molecule has 1 saturated heterocycles. The molecule has 24 heavy (non-hydrogen) atoms. The van der Waals surface area contributed by atoms with Crippen LogP contribution in [-0.2, 0) is 25.8 Å². The zero-order valence-corrected chi connectivity index (χ0v) is 14.3. The molecule has 1 aliphatic rings. The summed E-state index contributed by atoms with van der Waals surface area (Å²) in [5, 5.41) is 2.68. The fraction of sp³-hybridized carbons (Fsp3) is 0.500. The molecule has 1 aliphatic heterocycles. The van der Waals surface area contributed by atoms with Crippen molar-refractivity contribution in [1.82, 2.24) is 10.2 Å². The number of carbonyl (C=O) groups is 2. The first-order chi connectivity index (χ1) is 11.3. The van der Waals surface area contributed by atoms with Gasteiger partial charge in [0, 0.05) is 26.1 Å². The number of nitrogens with one attached hydrogen (secondary N) is 1. The fourth-order valence-corrected chi connectivity index (χ4v) is 4.56. The van der Waals surface area contributed by atoms with Gasteiger partial charge in [-0.25, -0.2) is 12.8 Å². The van der Waals surface area contributed by atoms with Crippen molar-refractivity contribution < 1.29 is 22.4 Å². The van der Waals surface area contributed by atoms with Crippen LogP contribution in [0.25, 0.3) is 0 Å². The Balaban J connectivity index is 1.82. The van der Waals surface area contributed by atoms with E-state index in [1.165, 1.54) is 30.0 Å². The summed E-state index contributed by atoms with van der Waals surface area (Å²) in [6.07, 6.45) is 0.481. The van der Waals surface area contributed by atoms with Crippen molar-refractivity contribution in [3.8, 4) is 0 Å². The predicted molar refractivity (Wildman–Crippen MR) is 87.6 cm³/mol. The molecule has 0 spiro atoms. The van der Waals surface area contributed by atoms with Crippen LogP contribution in [0.2, 0.25) is 0 Å². The Morgan fingerprint density at radius 3 is 2.71 bits per heavy atom. The van der Waals surface area contributed by atoms with E-state index in [9.17, 15) is 22.4 Å². The number of nitrogens with zero attached hydrogens (tertiary/aromatic N) is 1. The summed E-state index contributed by atoms with van der Waals surface area (Å²) in [6, 6.07) is 5.48. The smallest absolute Gasteiger partial charge is 0.224 e. The molecule has 8 heteroatoms. The van der Waals surface area contributed by atoms with E-state index in [0.717, 1.165) is 0 Å². The van der Waals surface area contributed by atoms with Crippen LogP contribution in [0, 0.1) is 5.82 Å². The number of sulfone groups is 1. The number of carbonyl (C=O) groups excluding carboxylic acids is 2. The molecule has 2 amide bonds. The molecule has 1 atom stereocenters. The zero-order chi connectivity index (χ0) is 17.7. The van der Waals surface area contributed by atoms with E-state index in [1.807, 2.05) is 0 Å². The van der Waals surface area contributed by atoms with Crippen molar-refractivity contribution in [2.24, 2.45) is 0 Å². The van der Waals surface area contributed by atoms with Gasteiger partial charge in [-0.05, 0) is 24.1 Å². The summed E-state index contributed by atoms with van der Waals surface area (Å²) < 4.78 is 36.2. The van der Waals surface area contributed by atoms with E-state index in [4.69, 9.17) is 0 Å². The van der Waals surface area contributed by atoms with Crippen LogP contribution in [0.4, 0.5) is 4.39 Å². The quantitative estimate of drug-likeness (QED) is 0.805. The lowest BCUT2D eigenvalue weighted by atomic mass is 10.1. The molecule has 0 aromatic heterocycles. The van der Waals surface area contributed by atoms with Gasteiger partial charge in [-0.1, -0.05) is 12.1 Å². The van der Waals surface area contributed by atoms with E-state index in [1.54, 1.807) is 6.07 Å². The Morgan fingerprint density at radius 2 is 2.12 bits per heavy atom. The topological polar surface area (TPSA) is 83.6 Å². The van der Waals surface area contributed by atoms with E-state index >= 15 is 0 Å². The van der Waals surface area contributed by atoms with E-state index in [0.29, 0.717) is 12.0 Å². The zero-order valence-electron chi connectivity index (χ0n) is 13.5. The average Bonchev–Trinajstić information content (AvgIpc) is 2.83. The first-order valence-electron chi connectivity index (χ1n) is 7.75. The summed E-state index contributed by atoms with van der Waals surface area (Å²) in [4.78, 5) is 25.1. The van der Waals surface area contributed by atoms with Crippen LogP contribution >= 0.6 is 0 Å². The third-order valence-electron chi connectivity index (χ3n) is 3.98. The number of hydrogen-bond acceptors (Lipinski definition) is 4. The van der Waals surface area contributed by atoms with Crippen LogP contribution in [-0.4, -0.2) is 55.8 Å². The lowest BCUT2D eigenvalue weighted by Gasteiger charge is -2.27. The Hall–Kier alpha value is -1.96. The molecule has 6 nitrogen and oxygen atoms in total. The van der Waals surface area contributed by atoms with Crippen molar-refractivity contribution in [3.63, 3.8) is 0 Å². The number of rotatable bonds is 6. The number of halogens is 1. The second kappa shape index (κ2) is 7.74. The van der Waals surface area contributed by atoms with Crippen molar-refractivity contribution in [1.29, 1.82) is 0 Å². The van der Waals surface area contributed by atoms with Gasteiger partial charge in [-0.15, -0.1) is 0 Å². The van der Waals surface area contributed by atoms with Crippen molar-refractivity contribution >= 4 is 21.7 Å². The molecule has 132 valence electrons. The maximum atomic E-state index is 13.1. The Bertz CT molecular complexity index is 721. The van der Waals surface area contributed by atoms with E-state index < -0.39 is 15.7 Å². The van der Waals surface area contributed by atoms with Gasteiger partial charge in [-0.2, -0.15) is 0 Å². The molecule has 1 aromatic carbocycles. The minimum absolute atomic E-state index is 0.0240. The second-order valence-corrected chi connectivity index (χ2v) is 8.15. The number of benzene rings is 1. The fourth-order valence-electron chi connectivity index (χ4n) is 2.83. The highest BCUT2D eigenvalue weighted by Crippen LogP contribution is 2.17. The Morgan fingerprint density at radius 1 is 1.38 bits per heavy atom. The first kappa shape index (κ1) is 18.4. The molecule has 1 fully saturated rings. The lowest BCUT2D eigenvalue weighted by Crippen LogP contribution is -2.44. The van der Waals surface area contributed by atoms with Crippen LogP contribution in [0.1, 0.15) is 18.9 Å². The van der Waals surface area contributed by atoms with Gasteiger partial charge in [0.1, 0.15) is 5.82 Å². The molecular formula is C16H21FN2O4S. The van der Waals surface area contributed by atoms with Gasteiger partial charge in [0.05, 0.1) is 17.9 Å². The minimum atomic E-state index is -3.08. The second-order valence-electron chi connectivity index (χ2n) is 5.93. The summed E-state index contributed by atoms with van der Waals surface area (Å²) in [7, 11) is -3.08. The molecule has 0 bridgehead atoms. The summed E-state index contributed by atoms with van der Waals surface area (Å²) in [5.41, 5.74) is 0.567. The van der Waals surface area contributed by atoms with Crippen LogP contribution in [0.3, 0.4) is 0 Å². The maximum absolute atomic E-state index is 13.1.